The molecule has 0 N–H and O–H groups in total. The van der Waals surface area contributed by atoms with Crippen LogP contribution in [0.2, 0.25) is 0 Å². The van der Waals surface area contributed by atoms with Gasteiger partial charge in [0.2, 0.25) is 0 Å². The molecule has 2 aromatic carbocycles. The summed E-state index contributed by atoms with van der Waals surface area (Å²) in [6, 6.07) is 9.21. The van der Waals surface area contributed by atoms with Crippen LogP contribution in [0, 0.1) is 19.7 Å². The summed E-state index contributed by atoms with van der Waals surface area (Å²) in [6.07, 6.45) is 1.70. The van der Waals surface area contributed by atoms with Gasteiger partial charge in [0.1, 0.15) is 17.9 Å². The Morgan fingerprint density at radius 1 is 1.23 bits per heavy atom. The van der Waals surface area contributed by atoms with Gasteiger partial charge in [0.15, 0.2) is 11.9 Å². The normalized spacial score (nSPS) is 13.3. The molecule has 0 bridgehead atoms. The van der Waals surface area contributed by atoms with Crippen molar-refractivity contribution in [3.8, 4) is 11.4 Å². The van der Waals surface area contributed by atoms with Gasteiger partial charge in [-0.25, -0.2) is 4.39 Å². The lowest BCUT2D eigenvalue weighted by molar-refractivity contribution is -0.0171. The molecule has 0 aliphatic carbocycles. The van der Waals surface area contributed by atoms with Gasteiger partial charge in [-0.15, -0.1) is 10.2 Å². The van der Waals surface area contributed by atoms with Gasteiger partial charge in [-0.2, -0.15) is 0 Å². The minimum absolute atomic E-state index is 0.190. The van der Waals surface area contributed by atoms with Crippen LogP contribution in [0.5, 0.6) is 5.75 Å². The second-order valence-electron chi connectivity index (χ2n) is 6.23. The summed E-state index contributed by atoms with van der Waals surface area (Å²) in [5, 5.41) is 9.02. The van der Waals surface area contributed by atoms with Crippen molar-refractivity contribution >= 4 is 11.8 Å². The number of aromatic nitrogens is 3. The number of rotatable bonds is 4. The first-order valence-electron chi connectivity index (χ1n) is 8.24. The molecule has 3 aromatic rings. The van der Waals surface area contributed by atoms with E-state index in [0.29, 0.717) is 18.1 Å². The van der Waals surface area contributed by atoms with Crippen molar-refractivity contribution in [2.75, 3.05) is 6.79 Å². The molecular weight excluding hydrogens is 353 g/mol. The van der Waals surface area contributed by atoms with Crippen LogP contribution in [0.15, 0.2) is 41.8 Å². The molecule has 134 valence electrons. The number of hydrogen-bond acceptors (Lipinski definition) is 5. The van der Waals surface area contributed by atoms with E-state index in [-0.39, 0.29) is 12.6 Å². The Morgan fingerprint density at radius 3 is 2.96 bits per heavy atom. The maximum atomic E-state index is 13.9. The van der Waals surface area contributed by atoms with E-state index in [4.69, 9.17) is 9.47 Å². The molecule has 1 aliphatic heterocycles. The maximum Gasteiger partial charge on any atom is 0.195 e. The van der Waals surface area contributed by atoms with Crippen LogP contribution in [-0.2, 0) is 17.1 Å². The molecule has 0 atom stereocenters. The van der Waals surface area contributed by atoms with Gasteiger partial charge in [0.25, 0.3) is 0 Å². The highest BCUT2D eigenvalue weighted by Crippen LogP contribution is 2.34. The Hall–Kier alpha value is -2.38. The molecule has 26 heavy (non-hydrogen) atoms. The molecule has 0 unspecified atom stereocenters. The molecular formula is C19H18FN3O2S. The number of halogens is 1. The molecule has 0 amide bonds. The van der Waals surface area contributed by atoms with Crippen LogP contribution in [-0.4, -0.2) is 21.6 Å². The minimum atomic E-state index is -0.288. The average Bonchev–Trinajstić information content (AvgIpc) is 3.07. The lowest BCUT2D eigenvalue weighted by Gasteiger charge is -2.20. The van der Waals surface area contributed by atoms with E-state index in [1.165, 1.54) is 29.5 Å². The predicted octanol–water partition coefficient (Wildman–Crippen LogP) is 4.18. The second-order valence-corrected chi connectivity index (χ2v) is 7.17. The van der Waals surface area contributed by atoms with E-state index in [1.807, 2.05) is 4.57 Å². The predicted molar refractivity (Wildman–Crippen MR) is 97.1 cm³/mol. The average molecular weight is 371 g/mol. The van der Waals surface area contributed by atoms with Crippen molar-refractivity contribution in [2.24, 2.45) is 0 Å². The van der Waals surface area contributed by atoms with Gasteiger partial charge < -0.3 is 9.47 Å². The largest absolute Gasteiger partial charge is 0.467 e. The third-order valence-electron chi connectivity index (χ3n) is 4.24. The second kappa shape index (κ2) is 7.09. The first-order valence-corrected chi connectivity index (χ1v) is 9.22. The van der Waals surface area contributed by atoms with Crippen LogP contribution >= 0.6 is 11.8 Å². The van der Waals surface area contributed by atoms with E-state index in [0.717, 1.165) is 27.5 Å². The zero-order valence-electron chi connectivity index (χ0n) is 14.5. The molecule has 2 heterocycles. The summed E-state index contributed by atoms with van der Waals surface area (Å²) in [7, 11) is 0. The molecule has 0 spiro atoms. The Balaban J connectivity index is 1.61. The van der Waals surface area contributed by atoms with Crippen LogP contribution in [0.3, 0.4) is 0 Å². The van der Waals surface area contributed by atoms with Crippen LogP contribution in [0.4, 0.5) is 4.39 Å². The van der Waals surface area contributed by atoms with E-state index < -0.39 is 0 Å². The summed E-state index contributed by atoms with van der Waals surface area (Å²) >= 11 is 1.50. The van der Waals surface area contributed by atoms with Crippen molar-refractivity contribution in [1.82, 2.24) is 14.8 Å². The van der Waals surface area contributed by atoms with Gasteiger partial charge in [0, 0.05) is 16.9 Å². The first-order chi connectivity index (χ1) is 12.6. The molecule has 1 aliphatic rings. The summed E-state index contributed by atoms with van der Waals surface area (Å²) in [4.78, 5) is 0. The monoisotopic (exact) mass is 371 g/mol. The molecule has 7 heteroatoms. The van der Waals surface area contributed by atoms with Crippen LogP contribution in [0.25, 0.3) is 5.69 Å². The highest BCUT2D eigenvalue weighted by Gasteiger charge is 2.18. The van der Waals surface area contributed by atoms with Gasteiger partial charge in [-0.3, -0.25) is 4.57 Å². The van der Waals surface area contributed by atoms with Crippen molar-refractivity contribution in [3.63, 3.8) is 0 Å². The number of nitrogens with zero attached hydrogens (tertiary/aromatic N) is 3. The molecule has 0 radical (unpaired) electrons. The zero-order valence-corrected chi connectivity index (χ0v) is 15.3. The number of fused-ring (bicyclic) bond motifs is 1. The zero-order chi connectivity index (χ0) is 18.1. The first kappa shape index (κ1) is 17.1. The molecule has 4 rings (SSSR count). The standard InChI is InChI=1S/C19H18FN3O2S/c1-12-3-4-17(13(2)5-12)23-10-21-22-19(23)26-9-15-7-16(20)6-14-8-24-11-25-18(14)15/h3-7,10H,8-9,11H2,1-2H3. The topological polar surface area (TPSA) is 49.2 Å². The lowest BCUT2D eigenvalue weighted by atomic mass is 10.1. The highest BCUT2D eigenvalue weighted by atomic mass is 32.2. The summed E-state index contributed by atoms with van der Waals surface area (Å²) < 4.78 is 26.7. The number of aryl methyl sites for hydroxylation is 2. The lowest BCUT2D eigenvalue weighted by Crippen LogP contribution is -2.13. The molecule has 0 saturated carbocycles. The minimum Gasteiger partial charge on any atom is -0.467 e. The number of hydrogen-bond donors (Lipinski definition) is 0. The number of ether oxygens (including phenoxy) is 2. The van der Waals surface area contributed by atoms with Crippen molar-refractivity contribution in [1.29, 1.82) is 0 Å². The van der Waals surface area contributed by atoms with Gasteiger partial charge >= 0.3 is 0 Å². The molecule has 0 fully saturated rings. The Labute approximate surface area is 155 Å². The SMILES string of the molecule is Cc1ccc(-n2cnnc2SCc2cc(F)cc3c2OCOC3)c(C)c1. The molecule has 5 nitrogen and oxygen atoms in total. The summed E-state index contributed by atoms with van der Waals surface area (Å²) in [5.41, 5.74) is 4.93. The summed E-state index contributed by atoms with van der Waals surface area (Å²) in [6.45, 7) is 4.68. The smallest absolute Gasteiger partial charge is 0.195 e. The summed E-state index contributed by atoms with van der Waals surface area (Å²) in [5.74, 6) is 0.955. The van der Waals surface area contributed by atoms with Crippen LogP contribution in [0.1, 0.15) is 22.3 Å². The third kappa shape index (κ3) is 3.32. The molecule has 1 aromatic heterocycles. The van der Waals surface area contributed by atoms with Gasteiger partial charge in [-0.1, -0.05) is 29.5 Å². The quantitative estimate of drug-likeness (QED) is 0.644. The highest BCUT2D eigenvalue weighted by molar-refractivity contribution is 7.98. The Kier molecular flexibility index (Phi) is 4.65. The number of thioether (sulfide) groups is 1. The maximum absolute atomic E-state index is 13.9. The Bertz CT molecular complexity index is 958. The van der Waals surface area contributed by atoms with E-state index in [9.17, 15) is 4.39 Å². The van der Waals surface area contributed by atoms with E-state index >= 15 is 0 Å². The number of benzene rings is 2. The van der Waals surface area contributed by atoms with Crippen LogP contribution < -0.4 is 4.74 Å². The fraction of sp³-hybridized carbons (Fsp3) is 0.263. The van der Waals surface area contributed by atoms with Crippen molar-refractivity contribution < 1.29 is 13.9 Å². The van der Waals surface area contributed by atoms with Gasteiger partial charge in [0.05, 0.1) is 12.3 Å². The van der Waals surface area contributed by atoms with Gasteiger partial charge in [-0.05, 0) is 37.6 Å². The van der Waals surface area contributed by atoms with E-state index in [1.54, 1.807) is 6.33 Å². The molecule has 0 saturated heterocycles. The fourth-order valence-electron chi connectivity index (χ4n) is 3.07. The Morgan fingerprint density at radius 2 is 2.12 bits per heavy atom. The third-order valence-corrected chi connectivity index (χ3v) is 5.23. The van der Waals surface area contributed by atoms with Crippen molar-refractivity contribution in [3.05, 3.63) is 64.7 Å². The fourth-order valence-corrected chi connectivity index (χ4v) is 3.96. The van der Waals surface area contributed by atoms with Crippen molar-refractivity contribution in [2.45, 2.75) is 31.4 Å². The van der Waals surface area contributed by atoms with E-state index in [2.05, 4.69) is 42.2 Å².